The van der Waals surface area contributed by atoms with Crippen LogP contribution in [0.25, 0.3) is 27.4 Å². The molecule has 5 rings (SSSR count). The third-order valence-corrected chi connectivity index (χ3v) is 7.82. The SMILES string of the molecule is Cc1sccc1/C(=C(\c1ccc(/C=C/C(=O)O)cc1)c1ccc2scnc2c1)C1CCC1. The Morgan fingerprint density at radius 3 is 2.50 bits per heavy atom. The Bertz CT molecular complexity index is 1340. The number of hydrogen-bond donors (Lipinski definition) is 1. The number of hydrogen-bond acceptors (Lipinski definition) is 4. The largest absolute Gasteiger partial charge is 0.478 e. The summed E-state index contributed by atoms with van der Waals surface area (Å²) in [6, 6.07) is 17.1. The second-order valence-electron chi connectivity index (χ2n) is 8.14. The number of carbonyl (C=O) groups is 1. The van der Waals surface area contributed by atoms with Crippen molar-refractivity contribution in [1.29, 1.82) is 0 Å². The smallest absolute Gasteiger partial charge is 0.328 e. The van der Waals surface area contributed by atoms with E-state index in [-0.39, 0.29) is 0 Å². The van der Waals surface area contributed by atoms with Crippen LogP contribution in [0.4, 0.5) is 0 Å². The van der Waals surface area contributed by atoms with E-state index in [9.17, 15) is 4.79 Å². The lowest BCUT2D eigenvalue weighted by Gasteiger charge is -2.31. The van der Waals surface area contributed by atoms with Crippen molar-refractivity contribution in [2.75, 3.05) is 0 Å². The molecule has 4 aromatic rings. The molecular formula is C27H23NO2S2. The van der Waals surface area contributed by atoms with Crippen LogP contribution in [0.15, 0.2) is 65.5 Å². The zero-order valence-corrected chi connectivity index (χ0v) is 19.4. The van der Waals surface area contributed by atoms with Crippen molar-refractivity contribution < 1.29 is 9.90 Å². The molecule has 0 aliphatic heterocycles. The second kappa shape index (κ2) is 8.85. The molecule has 0 bridgehead atoms. The maximum absolute atomic E-state index is 10.9. The molecule has 1 fully saturated rings. The van der Waals surface area contributed by atoms with Crippen LogP contribution in [-0.2, 0) is 4.79 Å². The molecule has 0 spiro atoms. The second-order valence-corrected chi connectivity index (χ2v) is 10.1. The molecule has 1 aliphatic rings. The molecule has 0 atom stereocenters. The summed E-state index contributed by atoms with van der Waals surface area (Å²) in [6.07, 6.45) is 6.51. The molecular weight excluding hydrogens is 434 g/mol. The summed E-state index contributed by atoms with van der Waals surface area (Å²) in [5.74, 6) is -0.387. The number of carboxylic acid groups (broad SMARTS) is 1. The molecule has 0 saturated heterocycles. The summed E-state index contributed by atoms with van der Waals surface area (Å²) in [5.41, 5.74) is 10.2. The predicted octanol–water partition coefficient (Wildman–Crippen LogP) is 7.52. The van der Waals surface area contributed by atoms with Crippen molar-refractivity contribution in [3.8, 4) is 0 Å². The first-order valence-electron chi connectivity index (χ1n) is 10.7. The van der Waals surface area contributed by atoms with Gasteiger partial charge in [0.1, 0.15) is 0 Å². The number of rotatable bonds is 6. The van der Waals surface area contributed by atoms with Gasteiger partial charge in [-0.15, -0.1) is 22.7 Å². The first-order chi connectivity index (χ1) is 15.6. The summed E-state index contributed by atoms with van der Waals surface area (Å²) >= 11 is 3.46. The molecule has 1 N–H and O–H groups in total. The molecule has 160 valence electrons. The van der Waals surface area contributed by atoms with E-state index in [1.54, 1.807) is 28.7 Å². The number of allylic oxidation sites excluding steroid dienone is 1. The van der Waals surface area contributed by atoms with Gasteiger partial charge in [0.05, 0.1) is 15.7 Å². The van der Waals surface area contributed by atoms with E-state index < -0.39 is 5.97 Å². The molecule has 2 aromatic heterocycles. The van der Waals surface area contributed by atoms with Gasteiger partial charge in [-0.3, -0.25) is 0 Å². The average Bonchev–Trinajstić information content (AvgIpc) is 3.39. The Morgan fingerprint density at radius 2 is 1.84 bits per heavy atom. The average molecular weight is 458 g/mol. The molecule has 32 heavy (non-hydrogen) atoms. The lowest BCUT2D eigenvalue weighted by atomic mass is 9.73. The highest BCUT2D eigenvalue weighted by molar-refractivity contribution is 7.16. The van der Waals surface area contributed by atoms with E-state index in [1.807, 2.05) is 17.6 Å². The third-order valence-electron chi connectivity index (χ3n) is 6.17. The van der Waals surface area contributed by atoms with Gasteiger partial charge in [0.2, 0.25) is 0 Å². The summed E-state index contributed by atoms with van der Waals surface area (Å²) in [4.78, 5) is 16.8. The number of nitrogens with zero attached hydrogens (tertiary/aromatic N) is 1. The molecule has 0 amide bonds. The van der Waals surface area contributed by atoms with Gasteiger partial charge in [0.15, 0.2) is 0 Å². The fourth-order valence-electron chi connectivity index (χ4n) is 4.34. The first-order valence-corrected chi connectivity index (χ1v) is 12.5. The third kappa shape index (κ3) is 4.06. The Morgan fingerprint density at radius 1 is 1.06 bits per heavy atom. The molecule has 0 unspecified atom stereocenters. The lowest BCUT2D eigenvalue weighted by molar-refractivity contribution is -0.131. The van der Waals surface area contributed by atoms with Crippen LogP contribution >= 0.6 is 22.7 Å². The number of benzene rings is 2. The Hall–Kier alpha value is -3.02. The quantitative estimate of drug-likeness (QED) is 0.305. The summed E-state index contributed by atoms with van der Waals surface area (Å²) in [5, 5.41) is 11.1. The Kier molecular flexibility index (Phi) is 5.77. The number of aromatic nitrogens is 1. The first kappa shape index (κ1) is 20.9. The summed E-state index contributed by atoms with van der Waals surface area (Å²) in [6.45, 7) is 2.21. The lowest BCUT2D eigenvalue weighted by Crippen LogP contribution is -2.15. The molecule has 0 radical (unpaired) electrons. The number of aliphatic carboxylic acids is 1. The molecule has 1 aliphatic carbocycles. The highest BCUT2D eigenvalue weighted by Crippen LogP contribution is 2.46. The number of thiophene rings is 1. The Balaban J connectivity index is 1.72. The molecule has 5 heteroatoms. The van der Waals surface area contributed by atoms with Crippen molar-refractivity contribution in [1.82, 2.24) is 4.98 Å². The maximum atomic E-state index is 10.9. The van der Waals surface area contributed by atoms with Crippen LogP contribution in [0.2, 0.25) is 0 Å². The molecule has 2 aromatic carbocycles. The fourth-order valence-corrected chi connectivity index (χ4v) is 5.71. The van der Waals surface area contributed by atoms with Gasteiger partial charge in [0, 0.05) is 11.0 Å². The van der Waals surface area contributed by atoms with E-state index in [0.29, 0.717) is 5.92 Å². The van der Waals surface area contributed by atoms with Crippen molar-refractivity contribution in [2.24, 2.45) is 5.92 Å². The van der Waals surface area contributed by atoms with Crippen molar-refractivity contribution in [3.63, 3.8) is 0 Å². The topological polar surface area (TPSA) is 50.2 Å². The van der Waals surface area contributed by atoms with Crippen LogP contribution in [0.1, 0.15) is 46.4 Å². The normalized spacial score (nSPS) is 15.2. The van der Waals surface area contributed by atoms with Gasteiger partial charge >= 0.3 is 5.97 Å². The van der Waals surface area contributed by atoms with Crippen LogP contribution in [-0.4, -0.2) is 16.1 Å². The minimum Gasteiger partial charge on any atom is -0.478 e. The van der Waals surface area contributed by atoms with Gasteiger partial charge in [-0.1, -0.05) is 36.8 Å². The Labute approximate surface area is 195 Å². The number of thiazole rings is 1. The van der Waals surface area contributed by atoms with Crippen molar-refractivity contribution >= 4 is 56.1 Å². The van der Waals surface area contributed by atoms with E-state index >= 15 is 0 Å². The van der Waals surface area contributed by atoms with Crippen LogP contribution in [0, 0.1) is 12.8 Å². The minimum absolute atomic E-state index is 0.552. The summed E-state index contributed by atoms with van der Waals surface area (Å²) in [7, 11) is 0. The van der Waals surface area contributed by atoms with Crippen LogP contribution < -0.4 is 0 Å². The minimum atomic E-state index is -0.938. The van der Waals surface area contributed by atoms with Gasteiger partial charge in [0.25, 0.3) is 0 Å². The van der Waals surface area contributed by atoms with Crippen molar-refractivity contribution in [2.45, 2.75) is 26.2 Å². The molecule has 3 nitrogen and oxygen atoms in total. The van der Waals surface area contributed by atoms with E-state index in [1.165, 1.54) is 57.2 Å². The standard InChI is InChI=1S/C27H23NO2S2/c1-17-22(13-14-31-17)27(19-3-2-4-19)26(21-10-11-24-23(15-21)28-16-32-24)20-8-5-18(6-9-20)7-12-25(29)30/h5-16,19H,2-4H2,1H3,(H,29,30)/b12-7+,27-26+. The van der Waals surface area contributed by atoms with E-state index in [4.69, 9.17) is 5.11 Å². The zero-order valence-electron chi connectivity index (χ0n) is 17.7. The number of fused-ring (bicyclic) bond motifs is 1. The van der Waals surface area contributed by atoms with Gasteiger partial charge < -0.3 is 5.11 Å². The van der Waals surface area contributed by atoms with Gasteiger partial charge in [-0.2, -0.15) is 0 Å². The van der Waals surface area contributed by atoms with E-state index in [2.05, 4.69) is 53.7 Å². The zero-order chi connectivity index (χ0) is 22.1. The monoisotopic (exact) mass is 457 g/mol. The molecule has 1 saturated carbocycles. The fraction of sp³-hybridized carbons (Fsp3) is 0.185. The summed E-state index contributed by atoms with van der Waals surface area (Å²) < 4.78 is 1.19. The predicted molar refractivity (Wildman–Crippen MR) is 135 cm³/mol. The number of carboxylic acids is 1. The maximum Gasteiger partial charge on any atom is 0.328 e. The molecule has 2 heterocycles. The van der Waals surface area contributed by atoms with Crippen LogP contribution in [0.5, 0.6) is 0 Å². The van der Waals surface area contributed by atoms with Gasteiger partial charge in [-0.25, -0.2) is 9.78 Å². The number of aryl methyl sites for hydroxylation is 1. The van der Waals surface area contributed by atoms with E-state index in [0.717, 1.165) is 16.6 Å². The highest BCUT2D eigenvalue weighted by atomic mass is 32.1. The van der Waals surface area contributed by atoms with Crippen molar-refractivity contribution in [3.05, 3.63) is 92.6 Å². The van der Waals surface area contributed by atoms with Crippen LogP contribution in [0.3, 0.4) is 0 Å². The highest BCUT2D eigenvalue weighted by Gasteiger charge is 2.28. The van der Waals surface area contributed by atoms with Gasteiger partial charge in [-0.05, 0) is 88.7 Å².